The second kappa shape index (κ2) is 8.33. The molecule has 31 heavy (non-hydrogen) atoms. The van der Waals surface area contributed by atoms with Crippen LogP contribution in [0.2, 0.25) is 10.0 Å². The number of amides is 2. The maximum absolute atomic E-state index is 13.7. The minimum Gasteiger partial charge on any atom is -0.366 e. The Morgan fingerprint density at radius 2 is 1.55 bits per heavy atom. The summed E-state index contributed by atoms with van der Waals surface area (Å²) in [6, 6.07) is 10.8. The van der Waals surface area contributed by atoms with Gasteiger partial charge < -0.3 is 4.90 Å². The molecule has 2 unspecified atom stereocenters. The molecule has 4 nitrogen and oxygen atoms in total. The molecule has 6 heteroatoms. The maximum Gasteiger partial charge on any atom is 0.282 e. The smallest absolute Gasteiger partial charge is 0.282 e. The molecule has 0 bridgehead atoms. The highest BCUT2D eigenvalue weighted by atomic mass is 35.5. The first-order valence-electron chi connectivity index (χ1n) is 10.6. The molecule has 2 aliphatic heterocycles. The Balaban J connectivity index is 1.87. The second-order valence-electron chi connectivity index (χ2n) is 8.94. The number of imide groups is 1. The minimum atomic E-state index is -0.323. The van der Waals surface area contributed by atoms with E-state index in [4.69, 9.17) is 23.2 Å². The van der Waals surface area contributed by atoms with Crippen LogP contribution in [0.3, 0.4) is 0 Å². The van der Waals surface area contributed by atoms with Gasteiger partial charge in [-0.3, -0.25) is 9.59 Å². The lowest BCUT2D eigenvalue weighted by molar-refractivity contribution is -0.120. The van der Waals surface area contributed by atoms with Gasteiger partial charge in [0, 0.05) is 13.1 Å². The van der Waals surface area contributed by atoms with Gasteiger partial charge in [0.15, 0.2) is 0 Å². The van der Waals surface area contributed by atoms with E-state index in [1.54, 1.807) is 18.2 Å². The van der Waals surface area contributed by atoms with Gasteiger partial charge in [0.2, 0.25) is 0 Å². The summed E-state index contributed by atoms with van der Waals surface area (Å²) in [5.74, 6) is 0.257. The fraction of sp³-hybridized carbons (Fsp3) is 0.360. The number of nitrogens with zero attached hydrogens (tertiary/aromatic N) is 2. The highest BCUT2D eigenvalue weighted by Gasteiger charge is 2.44. The molecular weight excluding hydrogens is 431 g/mol. The van der Waals surface area contributed by atoms with Crippen molar-refractivity contribution in [2.45, 2.75) is 34.1 Å². The van der Waals surface area contributed by atoms with Crippen molar-refractivity contribution in [2.24, 2.45) is 11.8 Å². The fourth-order valence-electron chi connectivity index (χ4n) is 4.85. The van der Waals surface area contributed by atoms with Crippen molar-refractivity contribution in [3.8, 4) is 0 Å². The zero-order valence-corrected chi connectivity index (χ0v) is 19.7. The van der Waals surface area contributed by atoms with Crippen molar-refractivity contribution in [3.05, 3.63) is 68.8 Å². The van der Waals surface area contributed by atoms with Crippen molar-refractivity contribution < 1.29 is 9.59 Å². The average molecular weight is 457 g/mol. The maximum atomic E-state index is 13.7. The van der Waals surface area contributed by atoms with Crippen molar-refractivity contribution in [2.75, 3.05) is 18.0 Å². The summed E-state index contributed by atoms with van der Waals surface area (Å²) in [6.45, 7) is 9.89. The third kappa shape index (κ3) is 3.99. The zero-order valence-electron chi connectivity index (χ0n) is 18.2. The Morgan fingerprint density at radius 3 is 2.16 bits per heavy atom. The van der Waals surface area contributed by atoms with E-state index in [0.717, 1.165) is 36.2 Å². The van der Waals surface area contributed by atoms with Gasteiger partial charge in [0.1, 0.15) is 5.70 Å². The zero-order chi connectivity index (χ0) is 22.4. The summed E-state index contributed by atoms with van der Waals surface area (Å²) in [6.07, 6.45) is 1.11. The van der Waals surface area contributed by atoms with E-state index in [1.165, 1.54) is 4.90 Å². The van der Waals surface area contributed by atoms with Crippen LogP contribution < -0.4 is 4.90 Å². The van der Waals surface area contributed by atoms with E-state index in [2.05, 4.69) is 18.7 Å². The molecule has 1 saturated heterocycles. The van der Waals surface area contributed by atoms with Crippen LogP contribution in [-0.4, -0.2) is 29.8 Å². The second-order valence-corrected chi connectivity index (χ2v) is 9.75. The normalized spacial score (nSPS) is 22.0. The topological polar surface area (TPSA) is 40.6 Å². The molecule has 0 aromatic heterocycles. The molecule has 2 amide bonds. The van der Waals surface area contributed by atoms with Crippen LogP contribution in [0.25, 0.3) is 5.57 Å². The number of carbonyl (C=O) groups excluding carboxylic acids is 2. The van der Waals surface area contributed by atoms with Crippen molar-refractivity contribution in [3.63, 3.8) is 0 Å². The van der Waals surface area contributed by atoms with Crippen LogP contribution in [0.15, 0.2) is 42.1 Å². The summed E-state index contributed by atoms with van der Waals surface area (Å²) >= 11 is 12.3. The van der Waals surface area contributed by atoms with Crippen molar-refractivity contribution in [1.29, 1.82) is 0 Å². The lowest BCUT2D eigenvalue weighted by Crippen LogP contribution is -2.42. The van der Waals surface area contributed by atoms with Gasteiger partial charge in [-0.25, -0.2) is 4.90 Å². The van der Waals surface area contributed by atoms with Crippen LogP contribution in [0.4, 0.5) is 5.69 Å². The quantitative estimate of drug-likeness (QED) is 0.541. The number of aryl methyl sites for hydroxylation is 2. The molecule has 0 saturated carbocycles. The molecule has 0 spiro atoms. The van der Waals surface area contributed by atoms with E-state index < -0.39 is 0 Å². The first-order chi connectivity index (χ1) is 14.7. The Bertz CT molecular complexity index is 1100. The Hall–Kier alpha value is -2.30. The van der Waals surface area contributed by atoms with Crippen LogP contribution in [0, 0.1) is 25.7 Å². The lowest BCUT2D eigenvalue weighted by Gasteiger charge is -2.37. The molecule has 0 radical (unpaired) electrons. The minimum absolute atomic E-state index is 0.306. The van der Waals surface area contributed by atoms with E-state index >= 15 is 0 Å². The Kier molecular flexibility index (Phi) is 5.89. The van der Waals surface area contributed by atoms with Crippen LogP contribution >= 0.6 is 23.2 Å². The lowest BCUT2D eigenvalue weighted by atomic mass is 9.90. The number of anilines is 1. The predicted molar refractivity (Wildman–Crippen MR) is 126 cm³/mol. The number of likely N-dealkylation sites (tertiary alicyclic amines) is 1. The van der Waals surface area contributed by atoms with Crippen molar-refractivity contribution in [1.82, 2.24) is 4.90 Å². The molecular formula is C25H26Cl2N2O2. The van der Waals surface area contributed by atoms with Gasteiger partial charge in [-0.15, -0.1) is 0 Å². The molecule has 2 aromatic rings. The fourth-order valence-corrected chi connectivity index (χ4v) is 5.14. The van der Waals surface area contributed by atoms with Crippen LogP contribution in [0.1, 0.15) is 37.0 Å². The SMILES string of the molecule is Cc1ccc(C2=C(N3CC(C)CC(C)C3)C(=O)N(c3ccc(Cl)c(Cl)c3)C2=O)c(C)c1. The Labute approximate surface area is 193 Å². The van der Waals surface area contributed by atoms with Crippen LogP contribution in [0.5, 0.6) is 0 Å². The summed E-state index contributed by atoms with van der Waals surface area (Å²) in [5.41, 5.74) is 4.27. The van der Waals surface area contributed by atoms with Crippen LogP contribution in [-0.2, 0) is 9.59 Å². The molecule has 2 aromatic carbocycles. The van der Waals surface area contributed by atoms with Gasteiger partial charge >= 0.3 is 0 Å². The number of benzene rings is 2. The monoisotopic (exact) mass is 456 g/mol. The highest BCUT2D eigenvalue weighted by Crippen LogP contribution is 2.39. The third-order valence-corrected chi connectivity index (χ3v) is 6.80. The summed E-state index contributed by atoms with van der Waals surface area (Å²) in [4.78, 5) is 30.8. The van der Waals surface area contributed by atoms with Gasteiger partial charge in [-0.2, -0.15) is 0 Å². The van der Waals surface area contributed by atoms with Gasteiger partial charge in [0.05, 0.1) is 21.3 Å². The number of carbonyl (C=O) groups is 2. The van der Waals surface area contributed by atoms with E-state index in [-0.39, 0.29) is 11.8 Å². The summed E-state index contributed by atoms with van der Waals surface area (Å²) < 4.78 is 0. The molecule has 4 rings (SSSR count). The van der Waals surface area contributed by atoms with Gasteiger partial charge in [-0.05, 0) is 61.4 Å². The molecule has 2 aliphatic rings. The predicted octanol–water partition coefficient (Wildman–Crippen LogP) is 5.87. The highest BCUT2D eigenvalue weighted by molar-refractivity contribution is 6.46. The number of piperidine rings is 1. The number of halogens is 2. The average Bonchev–Trinajstić information content (AvgIpc) is 2.94. The molecule has 1 fully saturated rings. The first-order valence-corrected chi connectivity index (χ1v) is 11.3. The first kappa shape index (κ1) is 21.9. The standard InChI is InChI=1S/C25H26Cl2N2O2/c1-14-5-7-19(17(4)10-14)22-23(28-12-15(2)9-16(3)13-28)25(31)29(24(22)30)18-6-8-20(26)21(27)11-18/h5-8,10-11,15-16H,9,12-13H2,1-4H3. The molecule has 162 valence electrons. The van der Waals surface area contributed by atoms with Gasteiger partial charge in [0.25, 0.3) is 11.8 Å². The molecule has 0 N–H and O–H groups in total. The van der Waals surface area contributed by atoms with Gasteiger partial charge in [-0.1, -0.05) is 60.8 Å². The van der Waals surface area contributed by atoms with E-state index in [1.807, 2.05) is 32.0 Å². The number of hydrogen-bond acceptors (Lipinski definition) is 3. The molecule has 2 atom stereocenters. The Morgan fingerprint density at radius 1 is 0.871 bits per heavy atom. The van der Waals surface area contributed by atoms with E-state index in [9.17, 15) is 9.59 Å². The summed E-state index contributed by atoms with van der Waals surface area (Å²) in [7, 11) is 0. The number of hydrogen-bond donors (Lipinski definition) is 0. The third-order valence-electron chi connectivity index (χ3n) is 6.06. The molecule has 2 heterocycles. The van der Waals surface area contributed by atoms with Crippen molar-refractivity contribution >= 4 is 46.3 Å². The largest absolute Gasteiger partial charge is 0.366 e. The number of rotatable bonds is 3. The molecule has 0 aliphatic carbocycles. The van der Waals surface area contributed by atoms with E-state index in [0.29, 0.717) is 38.8 Å². The summed E-state index contributed by atoms with van der Waals surface area (Å²) in [5, 5.41) is 0.687.